The molecule has 1 aromatic rings. The van der Waals surface area contributed by atoms with Crippen molar-refractivity contribution in [2.24, 2.45) is 4.99 Å². The first-order valence-electron chi connectivity index (χ1n) is 7.99. The van der Waals surface area contributed by atoms with Gasteiger partial charge in [0.05, 0.1) is 0 Å². The summed E-state index contributed by atoms with van der Waals surface area (Å²) < 4.78 is 5.38. The van der Waals surface area contributed by atoms with Crippen LogP contribution in [0.15, 0.2) is 29.3 Å². The number of anilines is 1. The number of rotatable bonds is 6. The van der Waals surface area contributed by atoms with Crippen molar-refractivity contribution in [1.82, 2.24) is 0 Å². The fourth-order valence-corrected chi connectivity index (χ4v) is 3.35. The van der Waals surface area contributed by atoms with Gasteiger partial charge in [0.15, 0.2) is 0 Å². The summed E-state index contributed by atoms with van der Waals surface area (Å²) in [7, 11) is 0. The number of benzene rings is 1. The van der Waals surface area contributed by atoms with Crippen LogP contribution >= 0.6 is 12.4 Å². The SMILES string of the molecule is CCOCCCCC1(O)C2=NCCCN2c2ccccc21.Cl. The average Bonchev–Trinajstić information content (AvgIpc) is 2.78. The number of halogens is 1. The number of unbranched alkanes of at least 4 members (excludes halogenated alkanes) is 1. The predicted molar refractivity (Wildman–Crippen MR) is 92.2 cm³/mol. The van der Waals surface area contributed by atoms with Crippen LogP contribution in [-0.4, -0.2) is 37.2 Å². The van der Waals surface area contributed by atoms with E-state index in [4.69, 9.17) is 4.74 Å². The second kappa shape index (κ2) is 7.44. The molecule has 5 heteroatoms. The number of para-hydroxylation sites is 1. The third-order valence-electron chi connectivity index (χ3n) is 4.35. The van der Waals surface area contributed by atoms with Gasteiger partial charge in [0.1, 0.15) is 11.4 Å². The van der Waals surface area contributed by atoms with Gasteiger partial charge in [0.2, 0.25) is 0 Å². The molecule has 0 aliphatic carbocycles. The van der Waals surface area contributed by atoms with Crippen LogP contribution < -0.4 is 4.90 Å². The Balaban J connectivity index is 0.00000176. The molecule has 1 atom stereocenters. The van der Waals surface area contributed by atoms with Crippen molar-refractivity contribution in [3.05, 3.63) is 29.8 Å². The minimum Gasteiger partial charge on any atom is -0.382 e. The minimum absolute atomic E-state index is 0. The second-order valence-electron chi connectivity index (χ2n) is 5.74. The molecule has 1 N–H and O–H groups in total. The van der Waals surface area contributed by atoms with E-state index >= 15 is 0 Å². The third kappa shape index (κ3) is 3.00. The molecule has 4 nitrogen and oxygen atoms in total. The van der Waals surface area contributed by atoms with E-state index in [0.717, 1.165) is 62.7 Å². The van der Waals surface area contributed by atoms with E-state index in [9.17, 15) is 5.11 Å². The molecule has 2 heterocycles. The molecular weight excluding hydrogens is 300 g/mol. The van der Waals surface area contributed by atoms with E-state index in [0.29, 0.717) is 6.42 Å². The standard InChI is InChI=1S/C17H24N2O2.ClH/c1-2-21-13-6-5-10-17(20)14-8-3-4-9-15(14)19-12-7-11-18-16(17)19;/h3-4,8-9,20H,2,5-7,10-13H2,1H3;1H. The second-order valence-corrected chi connectivity index (χ2v) is 5.74. The lowest BCUT2D eigenvalue weighted by Crippen LogP contribution is -2.43. The maximum absolute atomic E-state index is 11.3. The quantitative estimate of drug-likeness (QED) is 0.818. The molecule has 0 bridgehead atoms. The lowest BCUT2D eigenvalue weighted by molar-refractivity contribution is 0.0923. The molecule has 2 aliphatic heterocycles. The highest BCUT2D eigenvalue weighted by Gasteiger charge is 2.47. The van der Waals surface area contributed by atoms with Crippen molar-refractivity contribution in [3.63, 3.8) is 0 Å². The fraction of sp³-hybridized carbons (Fsp3) is 0.588. The van der Waals surface area contributed by atoms with E-state index in [1.165, 1.54) is 0 Å². The van der Waals surface area contributed by atoms with Crippen LogP contribution in [-0.2, 0) is 10.3 Å². The first kappa shape index (κ1) is 17.3. The van der Waals surface area contributed by atoms with Crippen LogP contribution in [0.25, 0.3) is 0 Å². The molecular formula is C17H25ClN2O2. The maximum Gasteiger partial charge on any atom is 0.149 e. The Kier molecular flexibility index (Phi) is 5.84. The van der Waals surface area contributed by atoms with Gasteiger partial charge in [0, 0.05) is 37.6 Å². The summed E-state index contributed by atoms with van der Waals surface area (Å²) in [4.78, 5) is 6.83. The average molecular weight is 325 g/mol. The number of hydrogen-bond donors (Lipinski definition) is 1. The molecule has 1 aromatic carbocycles. The van der Waals surface area contributed by atoms with E-state index in [1.54, 1.807) is 0 Å². The Morgan fingerprint density at radius 1 is 1.32 bits per heavy atom. The van der Waals surface area contributed by atoms with Crippen molar-refractivity contribution < 1.29 is 9.84 Å². The lowest BCUT2D eigenvalue weighted by atomic mass is 9.89. The number of aliphatic hydroxyl groups is 1. The zero-order valence-corrected chi connectivity index (χ0v) is 13.9. The summed E-state index contributed by atoms with van der Waals surface area (Å²) in [5, 5.41) is 11.3. The predicted octanol–water partition coefficient (Wildman–Crippen LogP) is 3.13. The molecule has 1 unspecified atom stereocenters. The Morgan fingerprint density at radius 3 is 2.95 bits per heavy atom. The van der Waals surface area contributed by atoms with E-state index < -0.39 is 5.60 Å². The van der Waals surface area contributed by atoms with E-state index in [2.05, 4.69) is 16.0 Å². The fourth-order valence-electron chi connectivity index (χ4n) is 3.35. The monoisotopic (exact) mass is 324 g/mol. The molecule has 0 fully saturated rings. The Bertz CT molecular complexity index is 535. The molecule has 0 saturated heterocycles. The highest BCUT2D eigenvalue weighted by atomic mass is 35.5. The van der Waals surface area contributed by atoms with Gasteiger partial charge in [-0.3, -0.25) is 4.99 Å². The normalized spacial score (nSPS) is 22.6. The number of amidine groups is 1. The smallest absolute Gasteiger partial charge is 0.149 e. The summed E-state index contributed by atoms with van der Waals surface area (Å²) in [6, 6.07) is 8.17. The lowest BCUT2D eigenvalue weighted by Gasteiger charge is -2.30. The zero-order chi connectivity index (χ0) is 14.7. The van der Waals surface area contributed by atoms with Crippen molar-refractivity contribution in [1.29, 1.82) is 0 Å². The van der Waals surface area contributed by atoms with Crippen LogP contribution in [0.4, 0.5) is 5.69 Å². The first-order chi connectivity index (χ1) is 10.3. The van der Waals surface area contributed by atoms with E-state index in [1.807, 2.05) is 25.1 Å². The molecule has 0 spiro atoms. The number of aliphatic imine (C=N–C) groups is 1. The molecule has 0 radical (unpaired) electrons. The van der Waals surface area contributed by atoms with Crippen LogP contribution in [0.1, 0.15) is 38.2 Å². The Hall–Kier alpha value is -1.10. The Morgan fingerprint density at radius 2 is 2.14 bits per heavy atom. The van der Waals surface area contributed by atoms with Crippen LogP contribution in [0.2, 0.25) is 0 Å². The molecule has 0 saturated carbocycles. The zero-order valence-electron chi connectivity index (χ0n) is 13.1. The van der Waals surface area contributed by atoms with Crippen molar-refractivity contribution in [2.75, 3.05) is 31.2 Å². The molecule has 22 heavy (non-hydrogen) atoms. The van der Waals surface area contributed by atoms with Crippen LogP contribution in [0.5, 0.6) is 0 Å². The number of nitrogens with zero attached hydrogens (tertiary/aromatic N) is 2. The van der Waals surface area contributed by atoms with Gasteiger partial charge < -0.3 is 14.7 Å². The largest absolute Gasteiger partial charge is 0.382 e. The molecule has 3 rings (SSSR count). The van der Waals surface area contributed by atoms with Gasteiger partial charge in [-0.1, -0.05) is 18.2 Å². The minimum atomic E-state index is -0.913. The summed E-state index contributed by atoms with van der Waals surface area (Å²) >= 11 is 0. The summed E-state index contributed by atoms with van der Waals surface area (Å²) in [6.45, 7) is 5.31. The van der Waals surface area contributed by atoms with Gasteiger partial charge >= 0.3 is 0 Å². The highest BCUT2D eigenvalue weighted by molar-refractivity contribution is 6.10. The Labute approximate surface area is 138 Å². The van der Waals surface area contributed by atoms with Gasteiger partial charge in [0.25, 0.3) is 0 Å². The van der Waals surface area contributed by atoms with Gasteiger partial charge in [-0.2, -0.15) is 0 Å². The topological polar surface area (TPSA) is 45.1 Å². The maximum atomic E-state index is 11.3. The van der Waals surface area contributed by atoms with Gasteiger partial charge in [-0.05, 0) is 38.7 Å². The summed E-state index contributed by atoms with van der Waals surface area (Å²) in [5.74, 6) is 0.853. The summed E-state index contributed by atoms with van der Waals surface area (Å²) in [5.41, 5.74) is 1.23. The van der Waals surface area contributed by atoms with Gasteiger partial charge in [-0.15, -0.1) is 12.4 Å². The molecule has 2 aliphatic rings. The third-order valence-corrected chi connectivity index (χ3v) is 4.35. The number of hydrogen-bond acceptors (Lipinski definition) is 4. The highest BCUT2D eigenvalue weighted by Crippen LogP contribution is 2.44. The molecule has 0 amide bonds. The molecule has 0 aromatic heterocycles. The van der Waals surface area contributed by atoms with Crippen LogP contribution in [0, 0.1) is 0 Å². The molecule has 122 valence electrons. The number of ether oxygens (including phenoxy) is 1. The number of fused-ring (bicyclic) bond motifs is 3. The van der Waals surface area contributed by atoms with Crippen LogP contribution in [0.3, 0.4) is 0 Å². The summed E-state index contributed by atoms with van der Waals surface area (Å²) in [6.07, 6.45) is 3.69. The first-order valence-corrected chi connectivity index (χ1v) is 7.99. The van der Waals surface area contributed by atoms with Crippen molar-refractivity contribution >= 4 is 23.9 Å². The van der Waals surface area contributed by atoms with E-state index in [-0.39, 0.29) is 12.4 Å². The van der Waals surface area contributed by atoms with Crippen molar-refractivity contribution in [3.8, 4) is 0 Å². The van der Waals surface area contributed by atoms with Crippen molar-refractivity contribution in [2.45, 2.75) is 38.2 Å². The van der Waals surface area contributed by atoms with Gasteiger partial charge in [-0.25, -0.2) is 0 Å².